The van der Waals surface area contributed by atoms with Crippen molar-refractivity contribution < 1.29 is 14.7 Å². The maximum atomic E-state index is 13.7. The van der Waals surface area contributed by atoms with Crippen molar-refractivity contribution in [3.05, 3.63) is 89.3 Å². The Morgan fingerprint density at radius 2 is 1.76 bits per heavy atom. The predicted molar refractivity (Wildman–Crippen MR) is 145 cm³/mol. The molecule has 2 aromatic heterocycles. The quantitative estimate of drug-likeness (QED) is 0.316. The molecular weight excluding hydrogens is 490 g/mol. The molecule has 0 unspecified atom stereocenters. The lowest BCUT2D eigenvalue weighted by atomic mass is 10.0. The Hall–Kier alpha value is -4.01. The molecule has 0 bridgehead atoms. The standard InChI is InChI=1S/C28H28ClN5O3/c1-32(14-7-15-35)28(37)25-27(33(2)19-36)31-26(34(25)18-24-13-12-23(29)17-30-24)22-11-6-10-21(16-22)20-8-4-3-5-9-20/h3-6,8-13,16-17,19,35H,7,14-15,18H2,1-2H3. The van der Waals surface area contributed by atoms with Crippen LogP contribution in [0.1, 0.15) is 22.6 Å². The van der Waals surface area contributed by atoms with Crippen molar-refractivity contribution in [2.24, 2.45) is 0 Å². The third kappa shape index (κ3) is 5.87. The summed E-state index contributed by atoms with van der Waals surface area (Å²) in [5.74, 6) is 0.450. The van der Waals surface area contributed by atoms with Gasteiger partial charge in [-0.3, -0.25) is 14.6 Å². The van der Waals surface area contributed by atoms with Crippen molar-refractivity contribution in [2.45, 2.75) is 13.0 Å². The van der Waals surface area contributed by atoms with Crippen LogP contribution in [0.5, 0.6) is 0 Å². The van der Waals surface area contributed by atoms with E-state index in [-0.39, 0.29) is 30.6 Å². The zero-order valence-corrected chi connectivity index (χ0v) is 21.5. The Morgan fingerprint density at radius 3 is 2.43 bits per heavy atom. The van der Waals surface area contributed by atoms with Gasteiger partial charge in [0.2, 0.25) is 6.41 Å². The number of benzene rings is 2. The molecule has 37 heavy (non-hydrogen) atoms. The number of nitrogens with zero attached hydrogens (tertiary/aromatic N) is 5. The smallest absolute Gasteiger partial charge is 0.274 e. The van der Waals surface area contributed by atoms with Crippen LogP contribution in [-0.4, -0.2) is 64.1 Å². The maximum absolute atomic E-state index is 13.7. The highest BCUT2D eigenvalue weighted by molar-refractivity contribution is 6.30. The third-order valence-electron chi connectivity index (χ3n) is 5.98. The first kappa shape index (κ1) is 26.1. The van der Waals surface area contributed by atoms with E-state index in [0.29, 0.717) is 35.9 Å². The number of aliphatic hydroxyl groups excluding tert-OH is 1. The van der Waals surface area contributed by atoms with Gasteiger partial charge in [-0.15, -0.1) is 0 Å². The molecule has 0 aliphatic heterocycles. The molecule has 0 atom stereocenters. The van der Waals surface area contributed by atoms with E-state index < -0.39 is 0 Å². The molecule has 0 spiro atoms. The third-order valence-corrected chi connectivity index (χ3v) is 6.20. The van der Waals surface area contributed by atoms with Crippen LogP contribution in [0, 0.1) is 0 Å². The zero-order valence-electron chi connectivity index (χ0n) is 20.7. The number of carbonyl (C=O) groups excluding carboxylic acids is 2. The van der Waals surface area contributed by atoms with Crippen LogP contribution < -0.4 is 4.90 Å². The minimum absolute atomic E-state index is 0.0375. The number of carbonyl (C=O) groups is 2. The second-order valence-corrected chi connectivity index (χ2v) is 9.06. The second kappa shape index (κ2) is 11.8. The average molecular weight is 518 g/mol. The number of pyridine rings is 1. The van der Waals surface area contributed by atoms with Gasteiger partial charge in [0.05, 0.1) is 17.3 Å². The Labute approximate surface area is 220 Å². The molecule has 0 aliphatic rings. The van der Waals surface area contributed by atoms with Crippen LogP contribution in [0.3, 0.4) is 0 Å². The fourth-order valence-electron chi connectivity index (χ4n) is 4.04. The monoisotopic (exact) mass is 517 g/mol. The number of anilines is 1. The highest BCUT2D eigenvalue weighted by Gasteiger charge is 2.28. The molecule has 0 radical (unpaired) electrons. The summed E-state index contributed by atoms with van der Waals surface area (Å²) in [7, 11) is 3.23. The summed E-state index contributed by atoms with van der Waals surface area (Å²) in [4.78, 5) is 37.5. The van der Waals surface area contributed by atoms with Crippen LogP contribution in [0.2, 0.25) is 5.02 Å². The van der Waals surface area contributed by atoms with Gasteiger partial charge in [-0.2, -0.15) is 0 Å². The first-order valence-corrected chi connectivity index (χ1v) is 12.2. The van der Waals surface area contributed by atoms with Gasteiger partial charge < -0.3 is 19.5 Å². The fourth-order valence-corrected chi connectivity index (χ4v) is 4.15. The first-order valence-electron chi connectivity index (χ1n) is 11.8. The molecule has 8 nitrogen and oxygen atoms in total. The lowest BCUT2D eigenvalue weighted by Crippen LogP contribution is -2.32. The zero-order chi connectivity index (χ0) is 26.4. The van der Waals surface area contributed by atoms with E-state index in [4.69, 9.17) is 16.6 Å². The van der Waals surface area contributed by atoms with E-state index in [0.717, 1.165) is 16.7 Å². The topological polar surface area (TPSA) is 91.6 Å². The van der Waals surface area contributed by atoms with Gasteiger partial charge in [-0.05, 0) is 35.7 Å². The highest BCUT2D eigenvalue weighted by atomic mass is 35.5. The number of amides is 2. The summed E-state index contributed by atoms with van der Waals surface area (Å²) in [6.07, 6.45) is 2.61. The van der Waals surface area contributed by atoms with Crippen LogP contribution in [0.25, 0.3) is 22.5 Å². The molecule has 0 aliphatic carbocycles. The van der Waals surface area contributed by atoms with Gasteiger partial charge in [0.25, 0.3) is 5.91 Å². The minimum Gasteiger partial charge on any atom is -0.396 e. The molecule has 0 fully saturated rings. The normalized spacial score (nSPS) is 10.8. The highest BCUT2D eigenvalue weighted by Crippen LogP contribution is 2.32. The van der Waals surface area contributed by atoms with Crippen LogP contribution >= 0.6 is 11.6 Å². The maximum Gasteiger partial charge on any atom is 0.274 e. The van der Waals surface area contributed by atoms with Gasteiger partial charge >= 0.3 is 0 Å². The van der Waals surface area contributed by atoms with Gasteiger partial charge in [-0.1, -0.05) is 60.1 Å². The SMILES string of the molecule is CN(CCCO)C(=O)c1c(N(C)C=O)nc(-c2cccc(-c3ccccc3)c2)n1Cc1ccc(Cl)cn1. The van der Waals surface area contributed by atoms with E-state index in [2.05, 4.69) is 4.98 Å². The second-order valence-electron chi connectivity index (χ2n) is 8.63. The van der Waals surface area contributed by atoms with E-state index in [1.807, 2.05) is 54.6 Å². The van der Waals surface area contributed by atoms with Crippen LogP contribution in [-0.2, 0) is 11.3 Å². The first-order chi connectivity index (χ1) is 17.9. The van der Waals surface area contributed by atoms with Gasteiger partial charge in [0.15, 0.2) is 11.5 Å². The Morgan fingerprint density at radius 1 is 1.03 bits per heavy atom. The van der Waals surface area contributed by atoms with Crippen molar-refractivity contribution in [3.8, 4) is 22.5 Å². The van der Waals surface area contributed by atoms with Crippen LogP contribution in [0.15, 0.2) is 72.9 Å². The Bertz CT molecular complexity index is 1370. The number of halogens is 1. The number of aromatic nitrogens is 3. The van der Waals surface area contributed by atoms with E-state index in [9.17, 15) is 14.7 Å². The molecule has 4 aromatic rings. The van der Waals surface area contributed by atoms with Crippen molar-refractivity contribution in [1.82, 2.24) is 19.4 Å². The molecule has 2 aromatic carbocycles. The predicted octanol–water partition coefficient (Wildman–Crippen LogP) is 4.36. The average Bonchev–Trinajstić information content (AvgIpc) is 3.31. The molecule has 0 saturated heterocycles. The summed E-state index contributed by atoms with van der Waals surface area (Å²) < 4.78 is 1.79. The van der Waals surface area contributed by atoms with Gasteiger partial charge in [-0.25, -0.2) is 4.98 Å². The molecule has 2 heterocycles. The molecule has 190 valence electrons. The van der Waals surface area contributed by atoms with Crippen LogP contribution in [0.4, 0.5) is 5.82 Å². The van der Waals surface area contributed by atoms with Crippen molar-refractivity contribution in [1.29, 1.82) is 0 Å². The molecule has 9 heteroatoms. The number of rotatable bonds is 10. The minimum atomic E-state index is -0.316. The number of hydrogen-bond donors (Lipinski definition) is 1. The Balaban J connectivity index is 1.91. The molecule has 0 saturated carbocycles. The molecule has 1 N–H and O–H groups in total. The fraction of sp³-hybridized carbons (Fsp3) is 0.214. The van der Waals surface area contributed by atoms with Gasteiger partial charge in [0.1, 0.15) is 5.82 Å². The van der Waals surface area contributed by atoms with E-state index >= 15 is 0 Å². The lowest BCUT2D eigenvalue weighted by molar-refractivity contribution is -0.107. The molecular formula is C28H28ClN5O3. The summed E-state index contributed by atoms with van der Waals surface area (Å²) in [6.45, 7) is 0.545. The summed E-state index contributed by atoms with van der Waals surface area (Å²) in [5, 5.41) is 9.77. The largest absolute Gasteiger partial charge is 0.396 e. The van der Waals surface area contributed by atoms with E-state index in [1.165, 1.54) is 9.80 Å². The molecule has 2 amide bonds. The summed E-state index contributed by atoms with van der Waals surface area (Å²) >= 11 is 6.05. The summed E-state index contributed by atoms with van der Waals surface area (Å²) in [5.41, 5.74) is 3.76. The molecule has 4 rings (SSSR count). The van der Waals surface area contributed by atoms with Crippen molar-refractivity contribution in [2.75, 3.05) is 32.1 Å². The Kier molecular flexibility index (Phi) is 8.32. The van der Waals surface area contributed by atoms with Crippen molar-refractivity contribution >= 4 is 29.7 Å². The number of aliphatic hydroxyl groups is 1. The van der Waals surface area contributed by atoms with Gasteiger partial charge in [0, 0.05) is 39.0 Å². The lowest BCUT2D eigenvalue weighted by Gasteiger charge is -2.20. The van der Waals surface area contributed by atoms with Crippen molar-refractivity contribution in [3.63, 3.8) is 0 Å². The van der Waals surface area contributed by atoms with E-state index in [1.54, 1.807) is 37.0 Å². The summed E-state index contributed by atoms with van der Waals surface area (Å²) in [6, 6.07) is 21.4. The number of hydrogen-bond acceptors (Lipinski definition) is 5. The number of imidazole rings is 1.